The lowest BCUT2D eigenvalue weighted by Crippen LogP contribution is -2.32. The van der Waals surface area contributed by atoms with Gasteiger partial charge in [0.05, 0.1) is 5.56 Å². The number of amides is 2. The van der Waals surface area contributed by atoms with Crippen molar-refractivity contribution in [2.45, 2.75) is 52.4 Å². The Balaban J connectivity index is 2.02. The third-order valence-electron chi connectivity index (χ3n) is 5.63. The fourth-order valence-electron chi connectivity index (χ4n) is 3.74. The highest BCUT2D eigenvalue weighted by Crippen LogP contribution is 2.23. The van der Waals surface area contributed by atoms with E-state index < -0.39 is 29.2 Å². The second-order valence-electron chi connectivity index (χ2n) is 8.01. The molecule has 0 radical (unpaired) electrons. The molecule has 3 N–H and O–H groups in total. The zero-order chi connectivity index (χ0) is 24.5. The number of Topliss-reactive ketones (excluding diaryl/α,β-unsaturated/α-hetero) is 1. The number of ketones is 1. The van der Waals surface area contributed by atoms with Crippen LogP contribution < -0.4 is 10.6 Å². The normalized spacial score (nSPS) is 10.8. The van der Waals surface area contributed by atoms with Gasteiger partial charge < -0.3 is 20.3 Å². The summed E-state index contributed by atoms with van der Waals surface area (Å²) in [6.45, 7) is 3.78. The number of benzene rings is 1. The number of hydrogen-bond donors (Lipinski definition) is 3. The first-order valence-corrected chi connectivity index (χ1v) is 11.0. The van der Waals surface area contributed by atoms with Crippen molar-refractivity contribution in [3.63, 3.8) is 0 Å². The van der Waals surface area contributed by atoms with Crippen LogP contribution in [-0.2, 0) is 11.8 Å². The summed E-state index contributed by atoms with van der Waals surface area (Å²) in [5.41, 5.74) is 1.15. The molecule has 0 bridgehead atoms. The molecule has 0 saturated carbocycles. The third kappa shape index (κ3) is 6.71. The van der Waals surface area contributed by atoms with Crippen molar-refractivity contribution in [3.05, 3.63) is 52.3 Å². The number of carbonyl (C=O) groups excluding carboxylic acids is 3. The number of carbonyl (C=O) groups is 3. The van der Waals surface area contributed by atoms with Crippen LogP contribution in [0.25, 0.3) is 0 Å². The van der Waals surface area contributed by atoms with Gasteiger partial charge in [0, 0.05) is 37.6 Å². The Morgan fingerprint density at radius 1 is 0.970 bits per heavy atom. The zero-order valence-corrected chi connectivity index (χ0v) is 19.3. The molecule has 0 aliphatic carbocycles. The Morgan fingerprint density at radius 3 is 2.24 bits per heavy atom. The number of rotatable bonds is 12. The number of nitrogens with one attached hydrogen (secondary N) is 2. The molecular weight excluding hydrogens is 432 g/mol. The smallest absolute Gasteiger partial charge is 0.292 e. The maximum Gasteiger partial charge on any atom is 0.292 e. The Labute approximate surface area is 192 Å². The van der Waals surface area contributed by atoms with Crippen molar-refractivity contribution < 1.29 is 28.3 Å². The topological polar surface area (TPSA) is 100 Å². The van der Waals surface area contributed by atoms with E-state index in [0.717, 1.165) is 50.7 Å². The average Bonchev–Trinajstić information content (AvgIpc) is 3.00. The highest BCUT2D eigenvalue weighted by atomic mass is 19.2. The van der Waals surface area contributed by atoms with Gasteiger partial charge in [-0.05, 0) is 44.4 Å². The van der Waals surface area contributed by atoms with E-state index in [9.17, 15) is 23.2 Å². The van der Waals surface area contributed by atoms with Crippen LogP contribution in [0.3, 0.4) is 0 Å². The maximum atomic E-state index is 13.4. The molecule has 2 aromatic rings. The van der Waals surface area contributed by atoms with E-state index in [0.29, 0.717) is 17.8 Å². The first kappa shape index (κ1) is 26.2. The molecule has 0 aliphatic heterocycles. The number of aliphatic hydroxyl groups excluding tert-OH is 1. The number of unbranched alkanes of at least 4 members (excludes halogenated alkanes) is 5. The molecule has 1 aromatic heterocycles. The summed E-state index contributed by atoms with van der Waals surface area (Å²) in [4.78, 5) is 38.0. The molecule has 0 spiro atoms. The van der Waals surface area contributed by atoms with E-state index in [1.807, 2.05) is 0 Å². The van der Waals surface area contributed by atoms with Crippen LogP contribution in [0.2, 0.25) is 0 Å². The van der Waals surface area contributed by atoms with Crippen LogP contribution in [0.4, 0.5) is 14.5 Å². The number of aromatic nitrogens is 1. The first-order valence-electron chi connectivity index (χ1n) is 11.0. The van der Waals surface area contributed by atoms with Gasteiger partial charge in [0.1, 0.15) is 5.69 Å². The van der Waals surface area contributed by atoms with Gasteiger partial charge in [0.25, 0.3) is 17.6 Å². The summed E-state index contributed by atoms with van der Waals surface area (Å²) in [5.74, 6) is -4.19. The monoisotopic (exact) mass is 463 g/mol. The fourth-order valence-corrected chi connectivity index (χ4v) is 3.74. The van der Waals surface area contributed by atoms with Crippen molar-refractivity contribution in [1.29, 1.82) is 0 Å². The SMILES string of the molecule is Cc1c(C(=O)C(=O)NCCCCCCCCO)c(C)n(C)c1C(=O)Nc1ccc(F)c(F)c1. The molecule has 0 unspecified atom stereocenters. The largest absolute Gasteiger partial charge is 0.396 e. The van der Waals surface area contributed by atoms with Gasteiger partial charge in [-0.3, -0.25) is 14.4 Å². The van der Waals surface area contributed by atoms with Crippen molar-refractivity contribution >= 4 is 23.3 Å². The van der Waals surface area contributed by atoms with Crippen LogP contribution in [0.15, 0.2) is 18.2 Å². The number of hydrogen-bond acceptors (Lipinski definition) is 4. The van der Waals surface area contributed by atoms with Crippen molar-refractivity contribution in [1.82, 2.24) is 9.88 Å². The van der Waals surface area contributed by atoms with Gasteiger partial charge in [-0.2, -0.15) is 0 Å². The van der Waals surface area contributed by atoms with Crippen LogP contribution in [0.5, 0.6) is 0 Å². The molecule has 9 heteroatoms. The highest BCUT2D eigenvalue weighted by Gasteiger charge is 2.28. The van der Waals surface area contributed by atoms with Gasteiger partial charge in [-0.1, -0.05) is 25.7 Å². The van der Waals surface area contributed by atoms with Crippen LogP contribution >= 0.6 is 0 Å². The second-order valence-corrected chi connectivity index (χ2v) is 8.01. The molecule has 2 rings (SSSR count). The predicted octanol–water partition coefficient (Wildman–Crippen LogP) is 3.80. The van der Waals surface area contributed by atoms with Crippen molar-refractivity contribution in [2.75, 3.05) is 18.5 Å². The Kier molecular flexibility index (Phi) is 9.72. The molecule has 0 saturated heterocycles. The average molecular weight is 464 g/mol. The summed E-state index contributed by atoms with van der Waals surface area (Å²) in [6.07, 6.45) is 5.44. The Bertz CT molecular complexity index is 1020. The summed E-state index contributed by atoms with van der Waals surface area (Å²) in [5, 5.41) is 13.9. The van der Waals surface area contributed by atoms with Crippen LogP contribution in [0, 0.1) is 25.5 Å². The van der Waals surface area contributed by atoms with Gasteiger partial charge in [0.2, 0.25) is 0 Å². The maximum absolute atomic E-state index is 13.4. The van der Waals surface area contributed by atoms with Crippen molar-refractivity contribution in [2.24, 2.45) is 7.05 Å². The highest BCUT2D eigenvalue weighted by molar-refractivity contribution is 6.43. The van der Waals surface area contributed by atoms with Gasteiger partial charge in [-0.15, -0.1) is 0 Å². The Morgan fingerprint density at radius 2 is 1.61 bits per heavy atom. The molecule has 2 amide bonds. The van der Waals surface area contributed by atoms with E-state index in [1.165, 1.54) is 10.6 Å². The summed E-state index contributed by atoms with van der Waals surface area (Å²) >= 11 is 0. The van der Waals surface area contributed by atoms with Crippen molar-refractivity contribution in [3.8, 4) is 0 Å². The van der Waals surface area contributed by atoms with E-state index in [4.69, 9.17) is 5.11 Å². The molecule has 0 aliphatic rings. The summed E-state index contributed by atoms with van der Waals surface area (Å²) in [7, 11) is 1.59. The second kappa shape index (κ2) is 12.2. The van der Waals surface area contributed by atoms with E-state index in [1.54, 1.807) is 20.9 Å². The Hall–Kier alpha value is -3.07. The van der Waals surface area contributed by atoms with Gasteiger partial charge in [-0.25, -0.2) is 8.78 Å². The molecule has 33 heavy (non-hydrogen) atoms. The van der Waals surface area contributed by atoms with E-state index in [-0.39, 0.29) is 23.6 Å². The third-order valence-corrected chi connectivity index (χ3v) is 5.63. The first-order chi connectivity index (χ1) is 15.7. The minimum atomic E-state index is -1.09. The summed E-state index contributed by atoms with van der Waals surface area (Å²) < 4.78 is 28.1. The predicted molar refractivity (Wildman–Crippen MR) is 121 cm³/mol. The molecule has 0 atom stereocenters. The minimum Gasteiger partial charge on any atom is -0.396 e. The zero-order valence-electron chi connectivity index (χ0n) is 19.3. The molecule has 0 fully saturated rings. The lowest BCUT2D eigenvalue weighted by Gasteiger charge is -2.08. The molecule has 7 nitrogen and oxygen atoms in total. The quantitative estimate of drug-likeness (QED) is 0.253. The number of nitrogens with zero attached hydrogens (tertiary/aromatic N) is 1. The molecular formula is C24H31F2N3O4. The van der Waals surface area contributed by atoms with E-state index >= 15 is 0 Å². The van der Waals surface area contributed by atoms with E-state index in [2.05, 4.69) is 10.6 Å². The number of aliphatic hydroxyl groups is 1. The fraction of sp³-hybridized carbons (Fsp3) is 0.458. The lowest BCUT2D eigenvalue weighted by molar-refractivity contribution is -0.117. The van der Waals surface area contributed by atoms with Gasteiger partial charge in [0.15, 0.2) is 11.6 Å². The number of anilines is 1. The standard InChI is InChI=1S/C24H31F2N3O4/c1-15-20(22(31)24(33)27-12-8-6-4-5-7-9-13-30)16(2)29(3)21(15)23(32)28-17-10-11-18(25)19(26)14-17/h10-11,14,30H,4-9,12-13H2,1-3H3,(H,27,33)(H,28,32). The van der Waals surface area contributed by atoms with Gasteiger partial charge >= 0.3 is 0 Å². The minimum absolute atomic E-state index is 0.0686. The molecule has 1 heterocycles. The molecule has 1 aromatic carbocycles. The lowest BCUT2D eigenvalue weighted by atomic mass is 10.0. The molecule has 180 valence electrons. The summed E-state index contributed by atoms with van der Waals surface area (Å²) in [6, 6.07) is 3.00. The number of halogens is 2. The van der Waals surface area contributed by atoms with Crippen LogP contribution in [0.1, 0.15) is 70.6 Å². The van der Waals surface area contributed by atoms with Crippen LogP contribution in [-0.4, -0.2) is 40.4 Å².